The summed E-state index contributed by atoms with van der Waals surface area (Å²) >= 11 is 0. The molecule has 0 saturated heterocycles. The highest BCUT2D eigenvalue weighted by molar-refractivity contribution is 5.35. The lowest BCUT2D eigenvalue weighted by atomic mass is 10.2. The first-order chi connectivity index (χ1) is 7.70. The van der Waals surface area contributed by atoms with Gasteiger partial charge in [0.15, 0.2) is 0 Å². The van der Waals surface area contributed by atoms with Crippen LogP contribution in [0.15, 0.2) is 30.3 Å². The van der Waals surface area contributed by atoms with E-state index in [2.05, 4.69) is 30.2 Å². The van der Waals surface area contributed by atoms with Crippen LogP contribution < -0.4 is 0 Å². The second-order valence-electron chi connectivity index (χ2n) is 3.86. The summed E-state index contributed by atoms with van der Waals surface area (Å²) in [5.74, 6) is 0. The van der Waals surface area contributed by atoms with Crippen LogP contribution in [0, 0.1) is 25.2 Å². The summed E-state index contributed by atoms with van der Waals surface area (Å²) in [6.45, 7) is 4.05. The van der Waals surface area contributed by atoms with Crippen molar-refractivity contribution in [3.8, 4) is 11.8 Å². The molecule has 0 atom stereocenters. The van der Waals surface area contributed by atoms with Gasteiger partial charge in [-0.05, 0) is 32.0 Å². The van der Waals surface area contributed by atoms with Gasteiger partial charge in [0.2, 0.25) is 0 Å². The summed E-state index contributed by atoms with van der Waals surface area (Å²) in [5.41, 5.74) is 4.13. The molecule has 0 radical (unpaired) electrons. The fourth-order valence-corrected chi connectivity index (χ4v) is 1.65. The third-order valence-electron chi connectivity index (χ3n) is 2.48. The molecule has 0 bridgehead atoms. The first-order valence-electron chi connectivity index (χ1n) is 5.20. The number of aryl methyl sites for hydroxylation is 2. The van der Waals surface area contributed by atoms with Crippen molar-refractivity contribution in [1.82, 2.24) is 9.78 Å². The smallest absolute Gasteiger partial charge is 0.0793 e. The molecule has 2 aromatic rings. The van der Waals surface area contributed by atoms with E-state index < -0.39 is 0 Å². The van der Waals surface area contributed by atoms with Gasteiger partial charge < -0.3 is 0 Å². The van der Waals surface area contributed by atoms with Crippen molar-refractivity contribution >= 4 is 0 Å². The summed E-state index contributed by atoms with van der Waals surface area (Å²) in [4.78, 5) is 0. The number of nitriles is 1. The molecule has 0 aliphatic rings. The molecule has 0 fully saturated rings. The maximum absolute atomic E-state index is 8.63. The zero-order valence-corrected chi connectivity index (χ0v) is 9.44. The molecule has 1 aromatic heterocycles. The van der Waals surface area contributed by atoms with E-state index in [9.17, 15) is 0 Å². The van der Waals surface area contributed by atoms with Crippen LogP contribution in [0.2, 0.25) is 0 Å². The number of benzene rings is 1. The van der Waals surface area contributed by atoms with Gasteiger partial charge in [0.1, 0.15) is 0 Å². The van der Waals surface area contributed by atoms with Crippen molar-refractivity contribution in [3.05, 3.63) is 47.3 Å². The molecule has 2 rings (SSSR count). The molecule has 0 spiro atoms. The maximum atomic E-state index is 8.63. The molecule has 80 valence electrons. The molecule has 0 aliphatic heterocycles. The van der Waals surface area contributed by atoms with Crippen molar-refractivity contribution in [2.75, 3.05) is 0 Å². The maximum Gasteiger partial charge on any atom is 0.0793 e. The number of hydrogen-bond donors (Lipinski definition) is 0. The molecule has 1 aromatic carbocycles. The number of aromatic nitrogens is 2. The molecule has 3 nitrogen and oxygen atoms in total. The molecule has 3 heteroatoms. The minimum absolute atomic E-state index is 0.361. The van der Waals surface area contributed by atoms with Crippen molar-refractivity contribution in [2.24, 2.45) is 0 Å². The summed E-state index contributed by atoms with van der Waals surface area (Å²) in [6.07, 6.45) is 0.361. The lowest BCUT2D eigenvalue weighted by Crippen LogP contribution is -1.99. The van der Waals surface area contributed by atoms with E-state index in [1.165, 1.54) is 5.56 Å². The zero-order chi connectivity index (χ0) is 11.5. The van der Waals surface area contributed by atoms with Crippen LogP contribution in [0.25, 0.3) is 5.69 Å². The Bertz CT molecular complexity index is 529. The molecule has 0 aliphatic carbocycles. The van der Waals surface area contributed by atoms with Gasteiger partial charge in [-0.25, -0.2) is 4.68 Å². The van der Waals surface area contributed by atoms with Gasteiger partial charge in [-0.1, -0.05) is 17.7 Å². The second kappa shape index (κ2) is 4.19. The standard InChI is InChI=1S/C13H13N3/c1-10-3-5-13(6-4-10)16-11(2)9-12(15-16)7-8-14/h3-6,9H,7H2,1-2H3. The highest BCUT2D eigenvalue weighted by Gasteiger charge is 2.05. The van der Waals surface area contributed by atoms with Gasteiger partial charge in [-0.15, -0.1) is 0 Å². The van der Waals surface area contributed by atoms with E-state index >= 15 is 0 Å². The minimum atomic E-state index is 0.361. The fourth-order valence-electron chi connectivity index (χ4n) is 1.65. The van der Waals surface area contributed by atoms with Gasteiger partial charge in [0.25, 0.3) is 0 Å². The van der Waals surface area contributed by atoms with Gasteiger partial charge in [-0.3, -0.25) is 0 Å². The minimum Gasteiger partial charge on any atom is -0.238 e. The molecule has 0 amide bonds. The first kappa shape index (κ1) is 10.4. The van der Waals surface area contributed by atoms with Gasteiger partial charge in [0.05, 0.1) is 23.9 Å². The van der Waals surface area contributed by atoms with E-state index in [4.69, 9.17) is 5.26 Å². The summed E-state index contributed by atoms with van der Waals surface area (Å²) in [7, 11) is 0. The van der Waals surface area contributed by atoms with Crippen molar-refractivity contribution in [2.45, 2.75) is 20.3 Å². The van der Waals surface area contributed by atoms with Gasteiger partial charge in [0, 0.05) is 5.69 Å². The molecule has 1 heterocycles. The van der Waals surface area contributed by atoms with E-state index in [1.54, 1.807) is 0 Å². The van der Waals surface area contributed by atoms with Gasteiger partial charge >= 0.3 is 0 Å². The Balaban J connectivity index is 2.40. The van der Waals surface area contributed by atoms with Crippen LogP contribution >= 0.6 is 0 Å². The predicted octanol–water partition coefficient (Wildman–Crippen LogP) is 2.56. The average molecular weight is 211 g/mol. The number of nitrogens with zero attached hydrogens (tertiary/aromatic N) is 3. The first-order valence-corrected chi connectivity index (χ1v) is 5.20. The van der Waals surface area contributed by atoms with Crippen LogP contribution in [0.4, 0.5) is 0 Å². The Kier molecular flexibility index (Phi) is 2.74. The normalized spacial score (nSPS) is 10.1. The topological polar surface area (TPSA) is 41.6 Å². The van der Waals surface area contributed by atoms with E-state index in [-0.39, 0.29) is 0 Å². The Morgan fingerprint density at radius 2 is 1.94 bits per heavy atom. The molecular formula is C13H13N3. The van der Waals surface area contributed by atoms with Crippen LogP contribution in [0.3, 0.4) is 0 Å². The average Bonchev–Trinajstić information content (AvgIpc) is 2.61. The Hall–Kier alpha value is -2.08. The zero-order valence-electron chi connectivity index (χ0n) is 9.44. The lowest BCUT2D eigenvalue weighted by molar-refractivity contribution is 0.826. The highest BCUT2D eigenvalue weighted by Crippen LogP contribution is 2.13. The SMILES string of the molecule is Cc1ccc(-n2nc(CC#N)cc2C)cc1. The third kappa shape index (κ3) is 1.96. The third-order valence-corrected chi connectivity index (χ3v) is 2.48. The molecule has 0 N–H and O–H groups in total. The van der Waals surface area contributed by atoms with Crippen LogP contribution in [-0.2, 0) is 6.42 Å². The van der Waals surface area contributed by atoms with Crippen LogP contribution in [0.5, 0.6) is 0 Å². The fraction of sp³-hybridized carbons (Fsp3) is 0.231. The van der Waals surface area contributed by atoms with Crippen molar-refractivity contribution in [3.63, 3.8) is 0 Å². The second-order valence-corrected chi connectivity index (χ2v) is 3.86. The molecule has 0 unspecified atom stereocenters. The number of hydrogen-bond acceptors (Lipinski definition) is 2. The predicted molar refractivity (Wildman–Crippen MR) is 62.4 cm³/mol. The van der Waals surface area contributed by atoms with Crippen LogP contribution in [0.1, 0.15) is 17.0 Å². The van der Waals surface area contributed by atoms with Crippen molar-refractivity contribution < 1.29 is 0 Å². The molecule has 0 saturated carbocycles. The van der Waals surface area contributed by atoms with E-state index in [1.807, 2.05) is 29.8 Å². The largest absolute Gasteiger partial charge is 0.238 e. The van der Waals surface area contributed by atoms with Crippen molar-refractivity contribution in [1.29, 1.82) is 5.26 Å². The van der Waals surface area contributed by atoms with E-state index in [0.29, 0.717) is 6.42 Å². The van der Waals surface area contributed by atoms with Crippen LogP contribution in [-0.4, -0.2) is 9.78 Å². The Morgan fingerprint density at radius 1 is 1.25 bits per heavy atom. The summed E-state index contributed by atoms with van der Waals surface area (Å²) < 4.78 is 1.87. The lowest BCUT2D eigenvalue weighted by Gasteiger charge is -2.03. The molecule has 16 heavy (non-hydrogen) atoms. The monoisotopic (exact) mass is 211 g/mol. The highest BCUT2D eigenvalue weighted by atomic mass is 15.3. The number of rotatable bonds is 2. The summed E-state index contributed by atoms with van der Waals surface area (Å²) in [6, 6.07) is 12.2. The van der Waals surface area contributed by atoms with E-state index in [0.717, 1.165) is 17.1 Å². The Morgan fingerprint density at radius 3 is 2.56 bits per heavy atom. The Labute approximate surface area is 94.9 Å². The quantitative estimate of drug-likeness (QED) is 0.766. The summed E-state index contributed by atoms with van der Waals surface area (Å²) in [5, 5.41) is 13.0. The molecular weight excluding hydrogens is 198 g/mol. The van der Waals surface area contributed by atoms with Gasteiger partial charge in [-0.2, -0.15) is 10.4 Å².